The quantitative estimate of drug-likeness (QED) is 0.621. The molecule has 1 nitrogen and oxygen atoms in total. The van der Waals surface area contributed by atoms with E-state index in [9.17, 15) is 0 Å². The van der Waals surface area contributed by atoms with Gasteiger partial charge in [0.15, 0.2) is 0 Å². The zero-order valence-corrected chi connectivity index (χ0v) is 11.8. The van der Waals surface area contributed by atoms with Crippen molar-refractivity contribution in [2.75, 3.05) is 0 Å². The van der Waals surface area contributed by atoms with Gasteiger partial charge in [0.05, 0.1) is 5.69 Å². The lowest BCUT2D eigenvalue weighted by Crippen LogP contribution is -2.22. The van der Waals surface area contributed by atoms with Crippen molar-refractivity contribution in [3.8, 4) is 11.1 Å². The number of benzene rings is 2. The molecule has 0 saturated heterocycles. The predicted molar refractivity (Wildman–Crippen MR) is 82.1 cm³/mol. The fraction of sp³-hybridized carbons (Fsp3) is 0.278. The Kier molecular flexibility index (Phi) is 2.78. The number of aliphatic imine (C=N–C) groups is 1. The van der Waals surface area contributed by atoms with Crippen LogP contribution in [0.5, 0.6) is 0 Å². The highest BCUT2D eigenvalue weighted by Gasteiger charge is 2.23. The van der Waals surface area contributed by atoms with Gasteiger partial charge in [0.2, 0.25) is 0 Å². The number of rotatable bonds is 0. The van der Waals surface area contributed by atoms with E-state index in [1.807, 2.05) is 0 Å². The molecular weight excluding hydrogens is 230 g/mol. The maximum atomic E-state index is 4.94. The van der Waals surface area contributed by atoms with Crippen LogP contribution < -0.4 is 0 Å². The molecule has 96 valence electrons. The molecule has 1 aliphatic rings. The van der Waals surface area contributed by atoms with Crippen LogP contribution in [0.25, 0.3) is 11.1 Å². The monoisotopic (exact) mass is 249 g/mol. The minimum atomic E-state index is 0.102. The molecule has 0 unspecified atom stereocenters. The topological polar surface area (TPSA) is 12.4 Å². The molecule has 1 aliphatic heterocycles. The smallest absolute Gasteiger partial charge is 0.0707 e. The van der Waals surface area contributed by atoms with Gasteiger partial charge in [-0.25, -0.2) is 0 Å². The van der Waals surface area contributed by atoms with Crippen molar-refractivity contribution >= 4 is 11.4 Å². The van der Waals surface area contributed by atoms with E-state index in [2.05, 4.69) is 69.3 Å². The van der Waals surface area contributed by atoms with Crippen molar-refractivity contribution in [3.63, 3.8) is 0 Å². The molecule has 0 radical (unpaired) electrons. The molecule has 0 fully saturated rings. The summed E-state index contributed by atoms with van der Waals surface area (Å²) in [5, 5.41) is 0. The summed E-state index contributed by atoms with van der Waals surface area (Å²) in [5.74, 6) is 0. The molecule has 2 aromatic rings. The third kappa shape index (κ3) is 2.21. The molecule has 3 rings (SSSR count). The fourth-order valence-electron chi connectivity index (χ4n) is 2.53. The molecule has 0 spiro atoms. The van der Waals surface area contributed by atoms with Crippen molar-refractivity contribution in [1.82, 2.24) is 0 Å². The highest BCUT2D eigenvalue weighted by Crippen LogP contribution is 2.37. The summed E-state index contributed by atoms with van der Waals surface area (Å²) < 4.78 is 0. The van der Waals surface area contributed by atoms with Gasteiger partial charge in [0.25, 0.3) is 0 Å². The van der Waals surface area contributed by atoms with Crippen LogP contribution in [0.2, 0.25) is 0 Å². The van der Waals surface area contributed by atoms with Crippen molar-refractivity contribution in [1.29, 1.82) is 0 Å². The van der Waals surface area contributed by atoms with E-state index in [-0.39, 0.29) is 5.41 Å². The van der Waals surface area contributed by atoms with Gasteiger partial charge >= 0.3 is 0 Å². The van der Waals surface area contributed by atoms with Gasteiger partial charge in [-0.15, -0.1) is 0 Å². The molecule has 2 aromatic carbocycles. The van der Waals surface area contributed by atoms with E-state index in [0.29, 0.717) is 0 Å². The number of para-hydroxylation sites is 1. The van der Waals surface area contributed by atoms with E-state index < -0.39 is 0 Å². The van der Waals surface area contributed by atoms with Gasteiger partial charge in [-0.3, -0.25) is 4.99 Å². The Morgan fingerprint density at radius 2 is 1.47 bits per heavy atom. The van der Waals surface area contributed by atoms with Crippen LogP contribution in [0.1, 0.15) is 26.3 Å². The minimum absolute atomic E-state index is 0.102. The SMILES string of the molecule is CC(C)(C)C1=Nc2ccccc2-c2ccccc2C1. The maximum absolute atomic E-state index is 4.94. The molecule has 0 amide bonds. The van der Waals surface area contributed by atoms with E-state index in [1.54, 1.807) is 0 Å². The summed E-state index contributed by atoms with van der Waals surface area (Å²) in [6.45, 7) is 6.72. The van der Waals surface area contributed by atoms with E-state index in [4.69, 9.17) is 4.99 Å². The lowest BCUT2D eigenvalue weighted by Gasteiger charge is -2.21. The Morgan fingerprint density at radius 3 is 2.21 bits per heavy atom. The average Bonchev–Trinajstić information content (AvgIpc) is 2.55. The number of hydrogen-bond donors (Lipinski definition) is 0. The van der Waals surface area contributed by atoms with Crippen molar-refractivity contribution < 1.29 is 0 Å². The van der Waals surface area contributed by atoms with Crippen LogP contribution in [-0.2, 0) is 6.42 Å². The largest absolute Gasteiger partial charge is 0.256 e. The summed E-state index contributed by atoms with van der Waals surface area (Å²) in [4.78, 5) is 4.94. The average molecular weight is 249 g/mol. The maximum Gasteiger partial charge on any atom is 0.0707 e. The first-order valence-electron chi connectivity index (χ1n) is 6.81. The van der Waals surface area contributed by atoms with Gasteiger partial charge in [-0.05, 0) is 17.2 Å². The Labute approximate surface area is 115 Å². The summed E-state index contributed by atoms with van der Waals surface area (Å²) in [5.41, 5.74) is 6.40. The second-order valence-corrected chi connectivity index (χ2v) is 6.16. The second-order valence-electron chi connectivity index (χ2n) is 6.16. The fourth-order valence-corrected chi connectivity index (χ4v) is 2.53. The van der Waals surface area contributed by atoms with Gasteiger partial charge in [0, 0.05) is 23.1 Å². The Balaban J connectivity index is 2.28. The summed E-state index contributed by atoms with van der Waals surface area (Å²) >= 11 is 0. The molecule has 0 atom stereocenters. The Morgan fingerprint density at radius 1 is 0.842 bits per heavy atom. The Hall–Kier alpha value is -1.89. The lowest BCUT2D eigenvalue weighted by atomic mass is 9.85. The van der Waals surface area contributed by atoms with Gasteiger partial charge in [-0.2, -0.15) is 0 Å². The van der Waals surface area contributed by atoms with Crippen LogP contribution in [0.3, 0.4) is 0 Å². The summed E-state index contributed by atoms with van der Waals surface area (Å²) in [7, 11) is 0. The molecular formula is C18H19N. The molecule has 0 aliphatic carbocycles. The number of fused-ring (bicyclic) bond motifs is 3. The zero-order chi connectivity index (χ0) is 13.5. The zero-order valence-electron chi connectivity index (χ0n) is 11.8. The van der Waals surface area contributed by atoms with Gasteiger partial charge in [-0.1, -0.05) is 63.2 Å². The molecule has 19 heavy (non-hydrogen) atoms. The molecule has 1 heteroatoms. The van der Waals surface area contributed by atoms with Crippen molar-refractivity contribution in [3.05, 3.63) is 54.1 Å². The molecule has 1 heterocycles. The molecule has 0 bridgehead atoms. The van der Waals surface area contributed by atoms with Gasteiger partial charge in [0.1, 0.15) is 0 Å². The van der Waals surface area contributed by atoms with Crippen LogP contribution in [0.15, 0.2) is 53.5 Å². The first-order valence-corrected chi connectivity index (χ1v) is 6.81. The van der Waals surface area contributed by atoms with E-state index in [0.717, 1.165) is 12.1 Å². The van der Waals surface area contributed by atoms with Crippen molar-refractivity contribution in [2.24, 2.45) is 10.4 Å². The predicted octanol–water partition coefficient (Wildman–Crippen LogP) is 5.03. The third-order valence-corrected chi connectivity index (χ3v) is 3.69. The van der Waals surface area contributed by atoms with Crippen LogP contribution in [-0.4, -0.2) is 5.71 Å². The molecule has 0 aromatic heterocycles. The summed E-state index contributed by atoms with van der Waals surface area (Å²) in [6, 6.07) is 17.1. The normalized spacial score (nSPS) is 14.2. The highest BCUT2D eigenvalue weighted by atomic mass is 14.8. The van der Waals surface area contributed by atoms with Gasteiger partial charge < -0.3 is 0 Å². The molecule has 0 saturated carbocycles. The third-order valence-electron chi connectivity index (χ3n) is 3.69. The lowest BCUT2D eigenvalue weighted by molar-refractivity contribution is 0.582. The number of nitrogens with zero attached hydrogens (tertiary/aromatic N) is 1. The Bertz CT molecular complexity index is 645. The first-order chi connectivity index (χ1) is 9.05. The highest BCUT2D eigenvalue weighted by molar-refractivity contribution is 5.98. The summed E-state index contributed by atoms with van der Waals surface area (Å²) in [6.07, 6.45) is 0.939. The first kappa shape index (κ1) is 12.2. The van der Waals surface area contributed by atoms with E-state index in [1.165, 1.54) is 22.4 Å². The van der Waals surface area contributed by atoms with Crippen LogP contribution >= 0.6 is 0 Å². The minimum Gasteiger partial charge on any atom is -0.256 e. The van der Waals surface area contributed by atoms with Crippen molar-refractivity contribution in [2.45, 2.75) is 27.2 Å². The van der Waals surface area contributed by atoms with E-state index >= 15 is 0 Å². The van der Waals surface area contributed by atoms with Crippen LogP contribution in [0.4, 0.5) is 5.69 Å². The van der Waals surface area contributed by atoms with Crippen LogP contribution in [0, 0.1) is 5.41 Å². The second kappa shape index (κ2) is 4.34. The number of hydrogen-bond acceptors (Lipinski definition) is 1. The molecule has 0 N–H and O–H groups in total. The standard InChI is InChI=1S/C18H19N/c1-18(2,3)17-12-13-8-4-5-9-14(13)15-10-6-7-11-16(15)19-17/h4-11H,12H2,1-3H3.